The molecule has 1 aromatic rings. The first kappa shape index (κ1) is 16.7. The Morgan fingerprint density at radius 3 is 2.45 bits per heavy atom. The van der Waals surface area contributed by atoms with E-state index in [-0.39, 0.29) is 18.8 Å². The number of anilines is 1. The number of methoxy groups -OCH3 is 2. The third-order valence-electron chi connectivity index (χ3n) is 2.68. The normalized spacial score (nSPS) is 13.1. The fraction of sp³-hybridized carbons (Fsp3) is 0.500. The molecule has 1 rings (SSSR count). The van der Waals surface area contributed by atoms with E-state index in [0.717, 1.165) is 10.6 Å². The summed E-state index contributed by atoms with van der Waals surface area (Å²) >= 11 is 0. The van der Waals surface area contributed by atoms with Gasteiger partial charge in [-0.3, -0.25) is 4.31 Å². The molecule has 0 aliphatic rings. The Hall–Kier alpha value is -1.35. The minimum absolute atomic E-state index is 0.109. The lowest BCUT2D eigenvalue weighted by atomic mass is 10.1. The molecular formula is C12H19NO6S. The number of benzene rings is 1. The molecule has 1 aromatic carbocycles. The van der Waals surface area contributed by atoms with Crippen LogP contribution in [0.1, 0.15) is 11.9 Å². The highest BCUT2D eigenvalue weighted by Gasteiger charge is 2.22. The second-order valence-corrected chi connectivity index (χ2v) is 5.98. The predicted octanol–water partition coefficient (Wildman–Crippen LogP) is 0.0908. The molecule has 0 amide bonds. The van der Waals surface area contributed by atoms with E-state index in [1.807, 2.05) is 0 Å². The van der Waals surface area contributed by atoms with E-state index >= 15 is 0 Å². The van der Waals surface area contributed by atoms with Crippen LogP contribution in [-0.4, -0.2) is 52.3 Å². The van der Waals surface area contributed by atoms with Crippen molar-refractivity contribution in [3.8, 4) is 5.75 Å². The van der Waals surface area contributed by atoms with Gasteiger partial charge in [0, 0.05) is 12.7 Å². The Balaban J connectivity index is 3.37. The zero-order chi connectivity index (χ0) is 15.3. The molecular weight excluding hydrogens is 286 g/mol. The third-order valence-corrected chi connectivity index (χ3v) is 3.86. The number of sulfonamides is 1. The van der Waals surface area contributed by atoms with Gasteiger partial charge in [0.25, 0.3) is 0 Å². The van der Waals surface area contributed by atoms with Gasteiger partial charge in [-0.05, 0) is 12.1 Å². The van der Waals surface area contributed by atoms with Crippen LogP contribution in [0.4, 0.5) is 5.69 Å². The van der Waals surface area contributed by atoms with Crippen molar-refractivity contribution in [2.24, 2.45) is 0 Å². The summed E-state index contributed by atoms with van der Waals surface area (Å²) < 4.78 is 34.5. The number of rotatable bonds is 7. The van der Waals surface area contributed by atoms with E-state index in [1.54, 1.807) is 6.07 Å². The van der Waals surface area contributed by atoms with Crippen LogP contribution in [0, 0.1) is 0 Å². The molecule has 1 atom stereocenters. The first-order valence-corrected chi connectivity index (χ1v) is 7.67. The van der Waals surface area contributed by atoms with Crippen LogP contribution < -0.4 is 9.04 Å². The lowest BCUT2D eigenvalue weighted by molar-refractivity contribution is -0.0769. The lowest BCUT2D eigenvalue weighted by Gasteiger charge is -2.24. The van der Waals surface area contributed by atoms with Crippen molar-refractivity contribution >= 4 is 15.7 Å². The van der Waals surface area contributed by atoms with Gasteiger partial charge in [0.05, 0.1) is 32.2 Å². The molecule has 114 valence electrons. The van der Waals surface area contributed by atoms with Crippen molar-refractivity contribution in [3.05, 3.63) is 23.8 Å². The molecule has 0 bridgehead atoms. The van der Waals surface area contributed by atoms with Crippen LogP contribution in [0.3, 0.4) is 0 Å². The third kappa shape index (κ3) is 3.83. The molecule has 8 heteroatoms. The van der Waals surface area contributed by atoms with Crippen LogP contribution in [0.2, 0.25) is 0 Å². The van der Waals surface area contributed by atoms with Gasteiger partial charge in [0.1, 0.15) is 5.75 Å². The minimum atomic E-state index is -3.59. The summed E-state index contributed by atoms with van der Waals surface area (Å²) in [5, 5.41) is 18.7. The number of aliphatic hydroxyl groups excluding tert-OH is 2. The summed E-state index contributed by atoms with van der Waals surface area (Å²) in [5.74, 6) is 0.316. The maximum Gasteiger partial charge on any atom is 0.232 e. The second kappa shape index (κ2) is 6.89. The van der Waals surface area contributed by atoms with Gasteiger partial charge >= 0.3 is 0 Å². The first-order valence-electron chi connectivity index (χ1n) is 5.82. The Labute approximate surface area is 118 Å². The quantitative estimate of drug-likeness (QED) is 0.693. The van der Waals surface area contributed by atoms with Crippen LogP contribution in [0.5, 0.6) is 5.75 Å². The molecule has 20 heavy (non-hydrogen) atoms. The topological polar surface area (TPSA) is 96.3 Å². The highest BCUT2D eigenvalue weighted by molar-refractivity contribution is 7.92. The Morgan fingerprint density at radius 1 is 1.35 bits per heavy atom. The number of ether oxygens (including phenoxy) is 2. The molecule has 7 nitrogen and oxygen atoms in total. The molecule has 0 fully saturated rings. The van der Waals surface area contributed by atoms with Crippen molar-refractivity contribution in [2.45, 2.75) is 6.29 Å². The van der Waals surface area contributed by atoms with Crippen molar-refractivity contribution in [3.63, 3.8) is 0 Å². The average molecular weight is 305 g/mol. The van der Waals surface area contributed by atoms with Gasteiger partial charge in [-0.2, -0.15) is 0 Å². The lowest BCUT2D eigenvalue weighted by Crippen LogP contribution is -2.33. The first-order chi connectivity index (χ1) is 9.35. The maximum atomic E-state index is 11.8. The predicted molar refractivity (Wildman–Crippen MR) is 74.2 cm³/mol. The second-order valence-electron chi connectivity index (χ2n) is 4.08. The van der Waals surface area contributed by atoms with E-state index < -0.39 is 16.3 Å². The van der Waals surface area contributed by atoms with Crippen molar-refractivity contribution in [1.29, 1.82) is 0 Å². The smallest absolute Gasteiger partial charge is 0.232 e. The summed E-state index contributed by atoms with van der Waals surface area (Å²) in [6.45, 7) is -0.449. The van der Waals surface area contributed by atoms with Crippen LogP contribution in [-0.2, 0) is 14.8 Å². The zero-order valence-corrected chi connectivity index (χ0v) is 12.4. The molecule has 0 heterocycles. The van der Waals surface area contributed by atoms with Gasteiger partial charge in [-0.25, -0.2) is 8.42 Å². The number of hydrogen-bond donors (Lipinski definition) is 2. The Bertz CT molecular complexity index is 545. The van der Waals surface area contributed by atoms with Crippen molar-refractivity contribution in [1.82, 2.24) is 0 Å². The van der Waals surface area contributed by atoms with Crippen LogP contribution in [0.25, 0.3) is 0 Å². The molecule has 0 radical (unpaired) electrons. The van der Waals surface area contributed by atoms with Crippen molar-refractivity contribution in [2.75, 3.05) is 37.9 Å². The highest BCUT2D eigenvalue weighted by Crippen LogP contribution is 2.32. The maximum absolute atomic E-state index is 11.8. The van der Waals surface area contributed by atoms with E-state index in [9.17, 15) is 13.5 Å². The molecule has 0 aliphatic carbocycles. The Morgan fingerprint density at radius 2 is 2.00 bits per heavy atom. The summed E-state index contributed by atoms with van der Waals surface area (Å²) in [4.78, 5) is 0. The molecule has 0 saturated heterocycles. The van der Waals surface area contributed by atoms with Gasteiger partial charge in [-0.15, -0.1) is 0 Å². The summed E-state index contributed by atoms with van der Waals surface area (Å²) in [6, 6.07) is 4.54. The van der Waals surface area contributed by atoms with Gasteiger partial charge in [0.15, 0.2) is 6.29 Å². The molecule has 0 saturated carbocycles. The van der Waals surface area contributed by atoms with Gasteiger partial charge in [-0.1, -0.05) is 6.07 Å². The SMILES string of the molecule is COc1ccc(C(O)OC)cc1N(CCO)S(C)(=O)=O. The van der Waals surface area contributed by atoms with Crippen LogP contribution >= 0.6 is 0 Å². The number of aliphatic hydroxyl groups is 2. The molecule has 1 unspecified atom stereocenters. The highest BCUT2D eigenvalue weighted by atomic mass is 32.2. The molecule has 0 aliphatic heterocycles. The molecule has 0 aromatic heterocycles. The zero-order valence-electron chi connectivity index (χ0n) is 11.6. The average Bonchev–Trinajstić information content (AvgIpc) is 2.42. The van der Waals surface area contributed by atoms with E-state index in [4.69, 9.17) is 14.6 Å². The van der Waals surface area contributed by atoms with Gasteiger partial charge in [0.2, 0.25) is 10.0 Å². The van der Waals surface area contributed by atoms with E-state index in [1.165, 1.54) is 26.4 Å². The fourth-order valence-electron chi connectivity index (χ4n) is 1.75. The van der Waals surface area contributed by atoms with Crippen LogP contribution in [0.15, 0.2) is 18.2 Å². The number of hydrogen-bond acceptors (Lipinski definition) is 6. The Kier molecular flexibility index (Phi) is 5.75. The molecule has 2 N–H and O–H groups in total. The minimum Gasteiger partial charge on any atom is -0.495 e. The van der Waals surface area contributed by atoms with E-state index in [0.29, 0.717) is 11.3 Å². The standard InChI is InChI=1S/C12H19NO6S/c1-18-11-5-4-9(12(15)19-2)8-10(11)13(6-7-14)20(3,16)17/h4-5,8,12,14-15H,6-7H2,1-3H3. The number of nitrogens with zero attached hydrogens (tertiary/aromatic N) is 1. The molecule has 0 spiro atoms. The van der Waals surface area contributed by atoms with Gasteiger partial charge < -0.3 is 19.7 Å². The monoisotopic (exact) mass is 305 g/mol. The summed E-state index contributed by atoms with van der Waals surface area (Å²) in [7, 11) is -0.854. The summed E-state index contributed by atoms with van der Waals surface area (Å²) in [5.41, 5.74) is 0.618. The summed E-state index contributed by atoms with van der Waals surface area (Å²) in [6.07, 6.45) is -0.142. The van der Waals surface area contributed by atoms with Crippen molar-refractivity contribution < 1.29 is 28.1 Å². The van der Waals surface area contributed by atoms with E-state index in [2.05, 4.69) is 0 Å². The largest absolute Gasteiger partial charge is 0.495 e. The fourth-order valence-corrected chi connectivity index (χ4v) is 2.66.